The Hall–Kier alpha value is -2.13. The van der Waals surface area contributed by atoms with Gasteiger partial charge in [-0.05, 0) is 30.3 Å². The monoisotopic (exact) mass is 358 g/mol. The van der Waals surface area contributed by atoms with E-state index >= 15 is 0 Å². The molecule has 2 aromatic rings. The smallest absolute Gasteiger partial charge is 0.262 e. The van der Waals surface area contributed by atoms with Gasteiger partial charge in [-0.1, -0.05) is 12.1 Å². The number of hydrogen-bond acceptors (Lipinski definition) is 4. The third kappa shape index (κ3) is 4.42. The highest BCUT2D eigenvalue weighted by molar-refractivity contribution is 8.00. The van der Waals surface area contributed by atoms with Crippen LogP contribution < -0.4 is 10.5 Å². The number of benzene rings is 2. The van der Waals surface area contributed by atoms with Crippen LogP contribution >= 0.6 is 11.8 Å². The molecule has 0 heterocycles. The minimum atomic E-state index is -4.10. The number of primary amides is 1. The Kier molecular flexibility index (Phi) is 5.22. The third-order valence-electron chi connectivity index (χ3n) is 2.70. The van der Waals surface area contributed by atoms with Crippen molar-refractivity contribution in [2.24, 2.45) is 5.73 Å². The van der Waals surface area contributed by atoms with E-state index in [-0.39, 0.29) is 11.4 Å². The molecule has 0 spiro atoms. The quantitative estimate of drug-likeness (QED) is 0.776. The van der Waals surface area contributed by atoms with E-state index in [0.717, 1.165) is 23.9 Å². The van der Waals surface area contributed by atoms with Gasteiger partial charge in [-0.2, -0.15) is 0 Å². The molecule has 2 rings (SSSR count). The highest BCUT2D eigenvalue weighted by atomic mass is 32.2. The van der Waals surface area contributed by atoms with E-state index < -0.39 is 32.5 Å². The van der Waals surface area contributed by atoms with Crippen LogP contribution in [0.15, 0.2) is 52.3 Å². The van der Waals surface area contributed by atoms with Crippen molar-refractivity contribution >= 4 is 33.4 Å². The fourth-order valence-corrected chi connectivity index (χ4v) is 3.58. The molecule has 0 radical (unpaired) electrons. The molecule has 2 aromatic carbocycles. The lowest BCUT2D eigenvalue weighted by Gasteiger charge is -2.12. The maximum absolute atomic E-state index is 13.2. The van der Waals surface area contributed by atoms with Crippen LogP contribution in [0.3, 0.4) is 0 Å². The van der Waals surface area contributed by atoms with Gasteiger partial charge in [0, 0.05) is 4.90 Å². The third-order valence-corrected chi connectivity index (χ3v) is 5.16. The molecule has 0 aliphatic rings. The summed E-state index contributed by atoms with van der Waals surface area (Å²) in [6, 6.07) is 8.64. The average Bonchev–Trinajstić information content (AvgIpc) is 2.48. The lowest BCUT2D eigenvalue weighted by Crippen LogP contribution is -2.15. The van der Waals surface area contributed by atoms with Crippen molar-refractivity contribution in [2.45, 2.75) is 9.79 Å². The van der Waals surface area contributed by atoms with Crippen LogP contribution in [0.4, 0.5) is 14.5 Å². The van der Waals surface area contributed by atoms with Gasteiger partial charge in [0.15, 0.2) is 11.6 Å². The Labute approximate surface area is 135 Å². The number of amides is 1. The van der Waals surface area contributed by atoms with E-state index in [1.807, 2.05) is 0 Å². The SMILES string of the molecule is NC(=O)CSc1ccccc1NS(=O)(=O)c1ccc(F)c(F)c1. The van der Waals surface area contributed by atoms with Gasteiger partial charge in [0.1, 0.15) is 0 Å². The predicted octanol–water partition coefficient (Wildman–Crippen LogP) is 2.34. The standard InChI is InChI=1S/C14H12F2N2O3S2/c15-10-6-5-9(7-11(10)16)23(20,21)18-12-3-1-2-4-13(12)22-8-14(17)19/h1-7,18H,8H2,(H2,17,19). The molecule has 0 atom stereocenters. The Morgan fingerprint density at radius 1 is 1.13 bits per heavy atom. The van der Waals surface area contributed by atoms with Gasteiger partial charge in [-0.25, -0.2) is 17.2 Å². The van der Waals surface area contributed by atoms with Crippen LogP contribution in [-0.2, 0) is 14.8 Å². The normalized spacial score (nSPS) is 11.2. The summed E-state index contributed by atoms with van der Waals surface area (Å²) in [4.78, 5) is 10.9. The van der Waals surface area contributed by atoms with Crippen molar-refractivity contribution < 1.29 is 22.0 Å². The van der Waals surface area contributed by atoms with E-state index in [0.29, 0.717) is 11.0 Å². The van der Waals surface area contributed by atoms with Crippen molar-refractivity contribution in [3.8, 4) is 0 Å². The number of anilines is 1. The summed E-state index contributed by atoms with van der Waals surface area (Å²) in [5.74, 6) is -2.97. The molecule has 9 heteroatoms. The molecule has 0 bridgehead atoms. The Morgan fingerprint density at radius 3 is 2.48 bits per heavy atom. The van der Waals surface area contributed by atoms with Gasteiger partial charge in [-0.15, -0.1) is 11.8 Å². The number of nitrogens with two attached hydrogens (primary N) is 1. The fraction of sp³-hybridized carbons (Fsp3) is 0.0714. The first-order valence-electron chi connectivity index (χ1n) is 6.27. The second kappa shape index (κ2) is 6.97. The molecular formula is C14H12F2N2O3S2. The molecule has 3 N–H and O–H groups in total. The number of sulfonamides is 1. The molecule has 1 amide bonds. The Bertz CT molecular complexity index is 842. The topological polar surface area (TPSA) is 89.3 Å². The molecule has 0 aliphatic carbocycles. The molecular weight excluding hydrogens is 346 g/mol. The molecule has 0 saturated heterocycles. The van der Waals surface area contributed by atoms with Gasteiger partial charge < -0.3 is 5.73 Å². The van der Waals surface area contributed by atoms with Crippen LogP contribution in [0.2, 0.25) is 0 Å². The fourth-order valence-electron chi connectivity index (χ4n) is 1.67. The Morgan fingerprint density at radius 2 is 1.83 bits per heavy atom. The second-order valence-electron chi connectivity index (χ2n) is 4.43. The minimum Gasteiger partial charge on any atom is -0.369 e. The van der Waals surface area contributed by atoms with Gasteiger partial charge in [-0.3, -0.25) is 9.52 Å². The first-order valence-corrected chi connectivity index (χ1v) is 8.74. The van der Waals surface area contributed by atoms with Crippen LogP contribution in [0.5, 0.6) is 0 Å². The summed E-state index contributed by atoms with van der Waals surface area (Å²) in [7, 11) is -4.10. The molecule has 122 valence electrons. The number of nitrogens with one attached hydrogen (secondary N) is 1. The predicted molar refractivity (Wildman–Crippen MR) is 83.5 cm³/mol. The van der Waals surface area contributed by atoms with Crippen LogP contribution in [0, 0.1) is 11.6 Å². The van der Waals surface area contributed by atoms with E-state index in [9.17, 15) is 22.0 Å². The maximum Gasteiger partial charge on any atom is 0.262 e. The molecule has 0 unspecified atom stereocenters. The van der Waals surface area contributed by atoms with E-state index in [1.54, 1.807) is 18.2 Å². The molecule has 0 aromatic heterocycles. The zero-order valence-electron chi connectivity index (χ0n) is 11.6. The summed E-state index contributed by atoms with van der Waals surface area (Å²) in [5.41, 5.74) is 5.28. The number of carbonyl (C=O) groups excluding carboxylic acids is 1. The zero-order chi connectivity index (χ0) is 17.0. The average molecular weight is 358 g/mol. The van der Waals surface area contributed by atoms with E-state index in [4.69, 9.17) is 5.73 Å². The molecule has 0 fully saturated rings. The molecule has 0 aliphatic heterocycles. The number of hydrogen-bond donors (Lipinski definition) is 2. The maximum atomic E-state index is 13.2. The number of halogens is 2. The van der Waals surface area contributed by atoms with Crippen LogP contribution in [0.25, 0.3) is 0 Å². The van der Waals surface area contributed by atoms with Gasteiger partial charge >= 0.3 is 0 Å². The first-order chi connectivity index (χ1) is 10.8. The van der Waals surface area contributed by atoms with Gasteiger partial charge in [0.25, 0.3) is 10.0 Å². The summed E-state index contributed by atoms with van der Waals surface area (Å²) in [6.45, 7) is 0. The number of rotatable bonds is 6. The minimum absolute atomic E-state index is 0.0239. The van der Waals surface area contributed by atoms with Crippen molar-refractivity contribution in [3.05, 3.63) is 54.1 Å². The van der Waals surface area contributed by atoms with E-state index in [1.165, 1.54) is 6.07 Å². The molecule has 0 saturated carbocycles. The largest absolute Gasteiger partial charge is 0.369 e. The summed E-state index contributed by atoms with van der Waals surface area (Å²) in [6.07, 6.45) is 0. The lowest BCUT2D eigenvalue weighted by atomic mass is 10.3. The number of carbonyl (C=O) groups is 1. The second-order valence-corrected chi connectivity index (χ2v) is 7.13. The van der Waals surface area contributed by atoms with Gasteiger partial charge in [0.05, 0.1) is 16.3 Å². The summed E-state index contributed by atoms with van der Waals surface area (Å²) in [5, 5.41) is 0. The van der Waals surface area contributed by atoms with Crippen molar-refractivity contribution in [1.29, 1.82) is 0 Å². The van der Waals surface area contributed by atoms with Crippen molar-refractivity contribution in [1.82, 2.24) is 0 Å². The van der Waals surface area contributed by atoms with Crippen molar-refractivity contribution in [2.75, 3.05) is 10.5 Å². The summed E-state index contributed by atoms with van der Waals surface area (Å²) >= 11 is 1.06. The zero-order valence-corrected chi connectivity index (χ0v) is 13.3. The lowest BCUT2D eigenvalue weighted by molar-refractivity contribution is -0.115. The van der Waals surface area contributed by atoms with Crippen LogP contribution in [0.1, 0.15) is 0 Å². The highest BCUT2D eigenvalue weighted by Gasteiger charge is 2.18. The highest BCUT2D eigenvalue weighted by Crippen LogP contribution is 2.28. The number of para-hydroxylation sites is 1. The number of thioether (sulfide) groups is 1. The summed E-state index contributed by atoms with van der Waals surface area (Å²) < 4.78 is 52.9. The Balaban J connectivity index is 2.30. The van der Waals surface area contributed by atoms with E-state index in [2.05, 4.69) is 4.72 Å². The van der Waals surface area contributed by atoms with Gasteiger partial charge in [0.2, 0.25) is 5.91 Å². The molecule has 23 heavy (non-hydrogen) atoms. The first kappa shape index (κ1) is 17.2. The van der Waals surface area contributed by atoms with Crippen molar-refractivity contribution in [3.63, 3.8) is 0 Å². The molecule has 5 nitrogen and oxygen atoms in total. The van der Waals surface area contributed by atoms with Crippen LogP contribution in [-0.4, -0.2) is 20.1 Å².